The zero-order chi connectivity index (χ0) is 15.4. The maximum absolute atomic E-state index is 10.8. The number of methoxy groups -OCH3 is 2. The number of benzene rings is 1. The highest BCUT2D eigenvalue weighted by Gasteiger charge is 2.10. The molecule has 7 heteroatoms. The fourth-order valence-corrected chi connectivity index (χ4v) is 1.73. The summed E-state index contributed by atoms with van der Waals surface area (Å²) in [4.78, 5) is 14.9. The largest absolute Gasteiger partial charge is 0.497 e. The number of pyridine rings is 1. The van der Waals surface area contributed by atoms with Crippen molar-refractivity contribution in [3.8, 4) is 11.5 Å². The highest BCUT2D eigenvalue weighted by molar-refractivity contribution is 5.89. The minimum atomic E-state index is -1.08. The Morgan fingerprint density at radius 2 is 2.05 bits per heavy atom. The van der Waals surface area contributed by atoms with Crippen molar-refractivity contribution in [2.45, 2.75) is 0 Å². The number of nitrogens with one attached hydrogen (secondary N) is 1. The molecule has 2 rings (SSSR count). The number of aromatic carboxylic acids is 1. The van der Waals surface area contributed by atoms with Crippen LogP contribution < -0.4 is 20.5 Å². The van der Waals surface area contributed by atoms with E-state index in [9.17, 15) is 4.79 Å². The molecule has 4 N–H and O–H groups in total. The van der Waals surface area contributed by atoms with Crippen LogP contribution in [0.5, 0.6) is 11.5 Å². The molecule has 0 radical (unpaired) electrons. The van der Waals surface area contributed by atoms with Gasteiger partial charge in [-0.15, -0.1) is 0 Å². The first-order valence-electron chi connectivity index (χ1n) is 6.03. The molecule has 110 valence electrons. The van der Waals surface area contributed by atoms with Gasteiger partial charge in [0.25, 0.3) is 0 Å². The van der Waals surface area contributed by atoms with Crippen LogP contribution >= 0.6 is 0 Å². The minimum absolute atomic E-state index is 0.0275. The first-order valence-corrected chi connectivity index (χ1v) is 6.03. The van der Waals surface area contributed by atoms with Gasteiger partial charge in [0.05, 0.1) is 31.2 Å². The van der Waals surface area contributed by atoms with Crippen molar-refractivity contribution in [1.29, 1.82) is 0 Å². The molecule has 0 aliphatic rings. The predicted octanol–water partition coefficient (Wildman–Crippen LogP) is 2.12. The van der Waals surface area contributed by atoms with E-state index in [1.54, 1.807) is 25.3 Å². The zero-order valence-corrected chi connectivity index (χ0v) is 11.6. The molecule has 0 atom stereocenters. The lowest BCUT2D eigenvalue weighted by atomic mass is 10.2. The lowest BCUT2D eigenvalue weighted by Crippen LogP contribution is -2.04. The van der Waals surface area contributed by atoms with E-state index in [1.807, 2.05) is 0 Å². The van der Waals surface area contributed by atoms with Gasteiger partial charge < -0.3 is 25.6 Å². The molecule has 2 aromatic rings. The van der Waals surface area contributed by atoms with E-state index in [0.29, 0.717) is 23.0 Å². The Kier molecular flexibility index (Phi) is 4.13. The number of nitrogens with zero attached hydrogens (tertiary/aromatic N) is 1. The van der Waals surface area contributed by atoms with Gasteiger partial charge in [0, 0.05) is 12.3 Å². The first kappa shape index (κ1) is 14.4. The number of hydrogen-bond donors (Lipinski definition) is 3. The van der Waals surface area contributed by atoms with Gasteiger partial charge in [0.1, 0.15) is 11.5 Å². The third kappa shape index (κ3) is 3.14. The minimum Gasteiger partial charge on any atom is -0.497 e. The summed E-state index contributed by atoms with van der Waals surface area (Å²) in [5.74, 6) is 0.476. The molecule has 0 saturated heterocycles. The van der Waals surface area contributed by atoms with E-state index in [0.717, 1.165) is 0 Å². The number of aromatic nitrogens is 1. The summed E-state index contributed by atoms with van der Waals surface area (Å²) in [7, 11) is 3.09. The van der Waals surface area contributed by atoms with Gasteiger partial charge in [0.15, 0.2) is 5.82 Å². The molecule has 0 amide bonds. The number of carboxylic acid groups (broad SMARTS) is 1. The van der Waals surface area contributed by atoms with Crippen LogP contribution in [0.1, 0.15) is 10.4 Å². The third-order valence-corrected chi connectivity index (χ3v) is 2.83. The molecule has 1 aromatic carbocycles. The highest BCUT2D eigenvalue weighted by atomic mass is 16.5. The summed E-state index contributed by atoms with van der Waals surface area (Å²) >= 11 is 0. The molecule has 0 spiro atoms. The maximum atomic E-state index is 10.8. The van der Waals surface area contributed by atoms with Crippen LogP contribution in [-0.2, 0) is 0 Å². The van der Waals surface area contributed by atoms with Crippen molar-refractivity contribution in [2.24, 2.45) is 0 Å². The van der Waals surface area contributed by atoms with Crippen molar-refractivity contribution < 1.29 is 19.4 Å². The number of ether oxygens (including phenoxy) is 2. The number of carboxylic acids is 1. The molecule has 1 heterocycles. The number of nitrogen functional groups attached to an aromatic ring is 1. The summed E-state index contributed by atoms with van der Waals surface area (Å²) in [6, 6.07) is 6.56. The number of hydrogen-bond acceptors (Lipinski definition) is 6. The van der Waals surface area contributed by atoms with Gasteiger partial charge in [-0.25, -0.2) is 9.78 Å². The highest BCUT2D eigenvalue weighted by Crippen LogP contribution is 2.32. The lowest BCUT2D eigenvalue weighted by Gasteiger charge is -2.13. The van der Waals surface area contributed by atoms with Crippen molar-refractivity contribution in [2.75, 3.05) is 25.3 Å². The van der Waals surface area contributed by atoms with Gasteiger partial charge in [-0.3, -0.25) is 0 Å². The summed E-state index contributed by atoms with van der Waals surface area (Å²) in [6.45, 7) is 0. The molecule has 0 saturated carbocycles. The van der Waals surface area contributed by atoms with E-state index in [4.69, 9.17) is 20.3 Å². The average Bonchev–Trinajstić information content (AvgIpc) is 2.49. The smallest absolute Gasteiger partial charge is 0.337 e. The van der Waals surface area contributed by atoms with Crippen molar-refractivity contribution in [1.82, 2.24) is 4.98 Å². The number of rotatable bonds is 5. The summed E-state index contributed by atoms with van der Waals surface area (Å²) < 4.78 is 10.4. The fraction of sp³-hybridized carbons (Fsp3) is 0.143. The Balaban J connectivity index is 2.32. The maximum Gasteiger partial charge on any atom is 0.337 e. The fourth-order valence-electron chi connectivity index (χ4n) is 1.73. The topological polar surface area (TPSA) is 107 Å². The summed E-state index contributed by atoms with van der Waals surface area (Å²) in [5.41, 5.74) is 6.70. The second kappa shape index (κ2) is 6.00. The first-order chi connectivity index (χ1) is 10.0. The van der Waals surface area contributed by atoms with Crippen LogP contribution in [0, 0.1) is 0 Å². The SMILES string of the molecule is COc1ccc(Nc2ncc(C(=O)O)cc2N)c(OC)c1. The van der Waals surface area contributed by atoms with Gasteiger partial charge >= 0.3 is 5.97 Å². The second-order valence-electron chi connectivity index (χ2n) is 4.16. The Labute approximate surface area is 121 Å². The molecular formula is C14H15N3O4. The molecular weight excluding hydrogens is 274 g/mol. The standard InChI is InChI=1S/C14H15N3O4/c1-20-9-3-4-11(12(6-9)21-2)17-13-10(15)5-8(7-16-13)14(18)19/h3-7H,15H2,1-2H3,(H,16,17)(H,18,19). The Hall–Kier alpha value is -2.96. The van der Waals surface area contributed by atoms with E-state index in [2.05, 4.69) is 10.3 Å². The normalized spacial score (nSPS) is 10.0. The molecule has 0 aliphatic carbocycles. The number of carbonyl (C=O) groups is 1. The van der Waals surface area contributed by atoms with E-state index >= 15 is 0 Å². The van der Waals surface area contributed by atoms with Gasteiger partial charge in [0.2, 0.25) is 0 Å². The molecule has 1 aromatic heterocycles. The second-order valence-corrected chi connectivity index (χ2v) is 4.16. The predicted molar refractivity (Wildman–Crippen MR) is 78.4 cm³/mol. The lowest BCUT2D eigenvalue weighted by molar-refractivity contribution is 0.0696. The zero-order valence-electron chi connectivity index (χ0n) is 11.6. The van der Waals surface area contributed by atoms with Gasteiger partial charge in [-0.05, 0) is 18.2 Å². The molecule has 0 fully saturated rings. The number of anilines is 3. The van der Waals surface area contributed by atoms with Crippen LogP contribution in [0.4, 0.5) is 17.2 Å². The van der Waals surface area contributed by atoms with Crippen LogP contribution in [-0.4, -0.2) is 30.3 Å². The van der Waals surface area contributed by atoms with Crippen LogP contribution in [0.2, 0.25) is 0 Å². The summed E-state index contributed by atoms with van der Waals surface area (Å²) in [6.07, 6.45) is 1.23. The Morgan fingerprint density at radius 3 is 2.62 bits per heavy atom. The van der Waals surface area contributed by atoms with Crippen molar-refractivity contribution in [3.63, 3.8) is 0 Å². The average molecular weight is 289 g/mol. The van der Waals surface area contributed by atoms with E-state index in [-0.39, 0.29) is 11.3 Å². The van der Waals surface area contributed by atoms with Gasteiger partial charge in [-0.2, -0.15) is 0 Å². The van der Waals surface area contributed by atoms with E-state index < -0.39 is 5.97 Å². The molecule has 0 unspecified atom stereocenters. The molecule has 0 bridgehead atoms. The van der Waals surface area contributed by atoms with Crippen molar-refractivity contribution >= 4 is 23.2 Å². The Morgan fingerprint density at radius 1 is 1.29 bits per heavy atom. The molecule has 0 aliphatic heterocycles. The van der Waals surface area contributed by atoms with Gasteiger partial charge in [-0.1, -0.05) is 0 Å². The molecule has 21 heavy (non-hydrogen) atoms. The van der Waals surface area contributed by atoms with Crippen molar-refractivity contribution in [3.05, 3.63) is 36.0 Å². The van der Waals surface area contributed by atoms with E-state index in [1.165, 1.54) is 19.4 Å². The van der Waals surface area contributed by atoms with Crippen LogP contribution in [0.25, 0.3) is 0 Å². The quantitative estimate of drug-likeness (QED) is 0.773. The third-order valence-electron chi connectivity index (χ3n) is 2.83. The van der Waals surface area contributed by atoms with Crippen LogP contribution in [0.3, 0.4) is 0 Å². The monoisotopic (exact) mass is 289 g/mol. The van der Waals surface area contributed by atoms with Crippen LogP contribution in [0.15, 0.2) is 30.5 Å². The number of nitrogens with two attached hydrogens (primary N) is 1. The summed E-state index contributed by atoms with van der Waals surface area (Å²) in [5, 5.41) is 11.9. The Bertz CT molecular complexity index is 673. The molecule has 7 nitrogen and oxygen atoms in total.